The fourth-order valence-corrected chi connectivity index (χ4v) is 4.06. The van der Waals surface area contributed by atoms with Crippen molar-refractivity contribution < 1.29 is 47.5 Å². The Hall–Kier alpha value is -2.08. The standard InChI is InChI=1S/C26H38O10/c1-18(27)32-16-26(17-33-24(2,3)23(28)30-14-10-13-29-6)21(31-15-19-11-8-7-9-12-19)20-22(36-26)35-25(4,5)34-20/h7-9,11-12,20-22H,10,13-17H2,1-6H3. The Morgan fingerprint density at radius 1 is 1.00 bits per heavy atom. The highest BCUT2D eigenvalue weighted by Crippen LogP contribution is 2.45. The van der Waals surface area contributed by atoms with E-state index in [4.69, 9.17) is 37.9 Å². The van der Waals surface area contributed by atoms with Crippen LogP contribution in [0.2, 0.25) is 0 Å². The third-order valence-corrected chi connectivity index (χ3v) is 5.94. The van der Waals surface area contributed by atoms with Gasteiger partial charge in [-0.1, -0.05) is 30.3 Å². The maximum Gasteiger partial charge on any atom is 0.337 e. The predicted octanol–water partition coefficient (Wildman–Crippen LogP) is 2.76. The number of ether oxygens (including phenoxy) is 8. The molecule has 2 aliphatic heterocycles. The van der Waals surface area contributed by atoms with Gasteiger partial charge in [-0.05, 0) is 33.3 Å². The SMILES string of the molecule is COCCCOC(=O)C(C)(C)OCC1(COC(C)=O)OC2OC(C)(C)OC2C1OCc1ccccc1. The highest BCUT2D eigenvalue weighted by Gasteiger charge is 2.64. The topological polar surface area (TPSA) is 108 Å². The van der Waals surface area contributed by atoms with Gasteiger partial charge in [-0.25, -0.2) is 4.79 Å². The Kier molecular flexibility index (Phi) is 9.48. The van der Waals surface area contributed by atoms with E-state index in [0.29, 0.717) is 13.0 Å². The zero-order valence-electron chi connectivity index (χ0n) is 21.9. The molecule has 2 aliphatic rings. The molecule has 10 nitrogen and oxygen atoms in total. The molecule has 202 valence electrons. The molecule has 1 aromatic carbocycles. The van der Waals surface area contributed by atoms with Crippen LogP contribution in [0, 0.1) is 0 Å². The average Bonchev–Trinajstić information content (AvgIpc) is 3.27. The van der Waals surface area contributed by atoms with Crippen molar-refractivity contribution in [1.82, 2.24) is 0 Å². The molecule has 0 N–H and O–H groups in total. The highest BCUT2D eigenvalue weighted by atomic mass is 16.9. The van der Waals surface area contributed by atoms with E-state index in [2.05, 4.69) is 0 Å². The van der Waals surface area contributed by atoms with Gasteiger partial charge in [-0.15, -0.1) is 0 Å². The maximum atomic E-state index is 12.7. The van der Waals surface area contributed by atoms with E-state index in [1.54, 1.807) is 34.8 Å². The zero-order valence-corrected chi connectivity index (χ0v) is 21.9. The number of esters is 2. The number of rotatable bonds is 13. The second-order valence-corrected chi connectivity index (χ2v) is 9.93. The monoisotopic (exact) mass is 510 g/mol. The summed E-state index contributed by atoms with van der Waals surface area (Å²) in [4.78, 5) is 24.4. The molecule has 0 aliphatic carbocycles. The summed E-state index contributed by atoms with van der Waals surface area (Å²) in [6, 6.07) is 9.64. The Morgan fingerprint density at radius 3 is 2.39 bits per heavy atom. The van der Waals surface area contributed by atoms with Crippen LogP contribution < -0.4 is 0 Å². The molecule has 4 atom stereocenters. The smallest absolute Gasteiger partial charge is 0.337 e. The molecule has 2 fully saturated rings. The largest absolute Gasteiger partial charge is 0.463 e. The van der Waals surface area contributed by atoms with Crippen LogP contribution in [-0.2, 0) is 54.1 Å². The fraction of sp³-hybridized carbons (Fsp3) is 0.692. The number of benzene rings is 1. The van der Waals surface area contributed by atoms with E-state index in [1.807, 2.05) is 30.3 Å². The van der Waals surface area contributed by atoms with Crippen LogP contribution in [0.1, 0.15) is 46.6 Å². The summed E-state index contributed by atoms with van der Waals surface area (Å²) in [6.07, 6.45) is -1.53. The van der Waals surface area contributed by atoms with Gasteiger partial charge in [0.25, 0.3) is 0 Å². The van der Waals surface area contributed by atoms with Gasteiger partial charge in [-0.2, -0.15) is 0 Å². The van der Waals surface area contributed by atoms with Gasteiger partial charge in [0.15, 0.2) is 23.3 Å². The van der Waals surface area contributed by atoms with E-state index in [0.717, 1.165) is 5.56 Å². The minimum atomic E-state index is -1.30. The van der Waals surface area contributed by atoms with Crippen molar-refractivity contribution in [2.45, 2.75) is 83.1 Å². The van der Waals surface area contributed by atoms with Gasteiger partial charge in [0.05, 0.1) is 19.8 Å². The molecule has 36 heavy (non-hydrogen) atoms. The van der Waals surface area contributed by atoms with Crippen LogP contribution in [0.15, 0.2) is 30.3 Å². The van der Waals surface area contributed by atoms with Gasteiger partial charge in [0.2, 0.25) is 0 Å². The van der Waals surface area contributed by atoms with Crippen molar-refractivity contribution in [2.24, 2.45) is 0 Å². The Labute approximate surface area is 212 Å². The lowest BCUT2D eigenvalue weighted by atomic mass is 9.96. The van der Waals surface area contributed by atoms with Gasteiger partial charge in [0.1, 0.15) is 18.8 Å². The van der Waals surface area contributed by atoms with E-state index >= 15 is 0 Å². The molecule has 3 rings (SSSR count). The van der Waals surface area contributed by atoms with Crippen LogP contribution >= 0.6 is 0 Å². The van der Waals surface area contributed by atoms with Crippen LogP contribution in [-0.4, -0.2) is 81.0 Å². The van der Waals surface area contributed by atoms with E-state index in [1.165, 1.54) is 6.92 Å². The number of carbonyl (C=O) groups excluding carboxylic acids is 2. The first kappa shape index (κ1) is 28.5. The molecular formula is C26H38O10. The van der Waals surface area contributed by atoms with Crippen molar-refractivity contribution in [3.63, 3.8) is 0 Å². The molecule has 0 radical (unpaired) electrons. The van der Waals surface area contributed by atoms with Crippen LogP contribution in [0.3, 0.4) is 0 Å². The van der Waals surface area contributed by atoms with E-state index in [-0.39, 0.29) is 26.4 Å². The quantitative estimate of drug-likeness (QED) is 0.290. The lowest BCUT2D eigenvalue weighted by Crippen LogP contribution is -2.55. The molecular weight excluding hydrogens is 472 g/mol. The lowest BCUT2D eigenvalue weighted by Gasteiger charge is -2.37. The number of methoxy groups -OCH3 is 1. The first-order valence-corrected chi connectivity index (χ1v) is 12.1. The van der Waals surface area contributed by atoms with Crippen molar-refractivity contribution >= 4 is 11.9 Å². The summed E-state index contributed by atoms with van der Waals surface area (Å²) in [5.74, 6) is -1.91. The molecule has 0 amide bonds. The summed E-state index contributed by atoms with van der Waals surface area (Å²) in [5.41, 5.74) is -1.65. The normalized spacial score (nSPS) is 27.0. The Bertz CT molecular complexity index is 871. The average molecular weight is 511 g/mol. The van der Waals surface area contributed by atoms with Gasteiger partial charge < -0.3 is 37.9 Å². The number of hydrogen-bond acceptors (Lipinski definition) is 10. The Balaban J connectivity index is 1.79. The maximum absolute atomic E-state index is 12.7. The van der Waals surface area contributed by atoms with Crippen LogP contribution in [0.4, 0.5) is 0 Å². The first-order chi connectivity index (χ1) is 17.0. The number of fused-ring (bicyclic) bond motifs is 1. The summed E-state index contributed by atoms with van der Waals surface area (Å²) < 4.78 is 46.5. The van der Waals surface area contributed by atoms with Crippen molar-refractivity contribution in [2.75, 3.05) is 33.5 Å². The van der Waals surface area contributed by atoms with Crippen molar-refractivity contribution in [3.8, 4) is 0 Å². The molecule has 10 heteroatoms. The van der Waals surface area contributed by atoms with E-state index in [9.17, 15) is 9.59 Å². The van der Waals surface area contributed by atoms with Crippen molar-refractivity contribution in [3.05, 3.63) is 35.9 Å². The molecule has 0 saturated carbocycles. The third-order valence-electron chi connectivity index (χ3n) is 5.94. The molecule has 0 spiro atoms. The van der Waals surface area contributed by atoms with Gasteiger partial charge in [0, 0.05) is 27.1 Å². The summed E-state index contributed by atoms with van der Waals surface area (Å²) >= 11 is 0. The van der Waals surface area contributed by atoms with Crippen LogP contribution in [0.5, 0.6) is 0 Å². The number of carbonyl (C=O) groups is 2. The molecule has 2 saturated heterocycles. The second kappa shape index (κ2) is 12.0. The molecule has 1 aromatic rings. The highest BCUT2D eigenvalue weighted by molar-refractivity contribution is 5.78. The lowest BCUT2D eigenvalue weighted by molar-refractivity contribution is -0.268. The Morgan fingerprint density at radius 2 is 1.72 bits per heavy atom. The summed E-state index contributed by atoms with van der Waals surface area (Å²) in [6.45, 7) is 8.72. The summed E-state index contributed by atoms with van der Waals surface area (Å²) in [5, 5.41) is 0. The predicted molar refractivity (Wildman–Crippen MR) is 127 cm³/mol. The molecule has 2 heterocycles. The molecule has 0 bridgehead atoms. The van der Waals surface area contributed by atoms with Crippen molar-refractivity contribution in [1.29, 1.82) is 0 Å². The van der Waals surface area contributed by atoms with Crippen LogP contribution in [0.25, 0.3) is 0 Å². The second-order valence-electron chi connectivity index (χ2n) is 9.93. The third kappa shape index (κ3) is 7.24. The molecule has 4 unspecified atom stereocenters. The number of hydrogen-bond donors (Lipinski definition) is 0. The molecule has 0 aromatic heterocycles. The minimum absolute atomic E-state index is 0.139. The summed E-state index contributed by atoms with van der Waals surface area (Å²) in [7, 11) is 1.58. The van der Waals surface area contributed by atoms with Gasteiger partial charge >= 0.3 is 11.9 Å². The first-order valence-electron chi connectivity index (χ1n) is 12.1. The van der Waals surface area contributed by atoms with E-state index < -0.39 is 47.4 Å². The van der Waals surface area contributed by atoms with Gasteiger partial charge in [-0.3, -0.25) is 4.79 Å². The zero-order chi connectivity index (χ0) is 26.4. The fourth-order valence-electron chi connectivity index (χ4n) is 4.06. The minimum Gasteiger partial charge on any atom is -0.463 e.